The second-order valence-corrected chi connectivity index (χ2v) is 4.79. The molecule has 1 aliphatic heterocycles. The number of methoxy groups -OCH3 is 1. The van der Waals surface area contributed by atoms with E-state index in [2.05, 4.69) is 32.0 Å². The maximum Gasteiger partial charge on any atom is 0.358 e. The first-order valence-electron chi connectivity index (χ1n) is 6.55. The van der Waals surface area contributed by atoms with Crippen molar-refractivity contribution in [2.45, 2.75) is 25.3 Å². The van der Waals surface area contributed by atoms with Crippen LogP contribution in [0.15, 0.2) is 12.4 Å². The lowest BCUT2D eigenvalue weighted by Crippen LogP contribution is -2.40. The SMILES string of the molecule is COC(=O)c1cnc(NCC2CCCCN2C)cn1. The van der Waals surface area contributed by atoms with Gasteiger partial charge >= 0.3 is 5.97 Å². The van der Waals surface area contributed by atoms with Crippen LogP contribution in [0.3, 0.4) is 0 Å². The van der Waals surface area contributed by atoms with Gasteiger partial charge in [0, 0.05) is 12.6 Å². The lowest BCUT2D eigenvalue weighted by atomic mass is 10.0. The van der Waals surface area contributed by atoms with Gasteiger partial charge in [-0.15, -0.1) is 0 Å². The number of carbonyl (C=O) groups excluding carboxylic acids is 1. The van der Waals surface area contributed by atoms with Gasteiger partial charge in [-0.2, -0.15) is 0 Å². The minimum Gasteiger partial charge on any atom is -0.464 e. The van der Waals surface area contributed by atoms with Crippen LogP contribution in [-0.2, 0) is 4.74 Å². The molecule has 6 heteroatoms. The summed E-state index contributed by atoms with van der Waals surface area (Å²) in [7, 11) is 3.48. The zero-order valence-corrected chi connectivity index (χ0v) is 11.4. The second kappa shape index (κ2) is 6.47. The molecule has 1 aromatic heterocycles. The highest BCUT2D eigenvalue weighted by Gasteiger charge is 2.18. The van der Waals surface area contributed by atoms with Gasteiger partial charge in [0.1, 0.15) is 5.82 Å². The molecule has 0 spiro atoms. The van der Waals surface area contributed by atoms with Gasteiger partial charge in [-0.3, -0.25) is 0 Å². The third-order valence-electron chi connectivity index (χ3n) is 3.49. The van der Waals surface area contributed by atoms with Crippen molar-refractivity contribution in [2.75, 3.05) is 32.6 Å². The molecule has 1 fully saturated rings. The molecule has 0 saturated carbocycles. The summed E-state index contributed by atoms with van der Waals surface area (Å²) in [6.07, 6.45) is 6.76. The summed E-state index contributed by atoms with van der Waals surface area (Å²) in [4.78, 5) is 21.8. The van der Waals surface area contributed by atoms with Crippen molar-refractivity contribution in [2.24, 2.45) is 0 Å². The lowest BCUT2D eigenvalue weighted by Gasteiger charge is -2.32. The van der Waals surface area contributed by atoms with E-state index in [-0.39, 0.29) is 5.69 Å². The number of hydrogen-bond acceptors (Lipinski definition) is 6. The summed E-state index contributed by atoms with van der Waals surface area (Å²) in [6, 6.07) is 0.538. The fourth-order valence-corrected chi connectivity index (χ4v) is 2.25. The number of carbonyl (C=O) groups is 1. The first-order chi connectivity index (χ1) is 9.20. The third-order valence-corrected chi connectivity index (χ3v) is 3.49. The average Bonchev–Trinajstić information content (AvgIpc) is 2.46. The van der Waals surface area contributed by atoms with E-state index in [4.69, 9.17) is 0 Å². The van der Waals surface area contributed by atoms with Crippen molar-refractivity contribution in [3.05, 3.63) is 18.1 Å². The van der Waals surface area contributed by atoms with E-state index in [0.29, 0.717) is 11.9 Å². The Morgan fingerprint density at radius 1 is 1.47 bits per heavy atom. The predicted molar refractivity (Wildman–Crippen MR) is 72.1 cm³/mol. The molecule has 0 amide bonds. The molecule has 0 radical (unpaired) electrons. The minimum atomic E-state index is -0.467. The molecule has 1 aromatic rings. The Hall–Kier alpha value is -1.69. The van der Waals surface area contributed by atoms with Gasteiger partial charge in [0.05, 0.1) is 19.5 Å². The summed E-state index contributed by atoms with van der Waals surface area (Å²) < 4.78 is 4.58. The van der Waals surface area contributed by atoms with Crippen LogP contribution in [0.2, 0.25) is 0 Å². The highest BCUT2D eigenvalue weighted by molar-refractivity contribution is 5.86. The van der Waals surface area contributed by atoms with Gasteiger partial charge in [0.25, 0.3) is 0 Å². The van der Waals surface area contributed by atoms with Crippen LogP contribution in [0.1, 0.15) is 29.8 Å². The van der Waals surface area contributed by atoms with Crippen LogP contribution >= 0.6 is 0 Å². The van der Waals surface area contributed by atoms with Crippen molar-refractivity contribution in [3.63, 3.8) is 0 Å². The number of rotatable bonds is 4. The molecule has 6 nitrogen and oxygen atoms in total. The fraction of sp³-hybridized carbons (Fsp3) is 0.615. The zero-order chi connectivity index (χ0) is 13.7. The topological polar surface area (TPSA) is 67.3 Å². The van der Waals surface area contributed by atoms with E-state index in [0.717, 1.165) is 13.1 Å². The lowest BCUT2D eigenvalue weighted by molar-refractivity contribution is 0.0593. The number of anilines is 1. The zero-order valence-electron chi connectivity index (χ0n) is 11.4. The Bertz CT molecular complexity index is 421. The number of piperidine rings is 1. The molecule has 2 heterocycles. The molecule has 0 aromatic carbocycles. The molecule has 104 valence electrons. The summed E-state index contributed by atoms with van der Waals surface area (Å²) in [5, 5.41) is 3.26. The van der Waals surface area contributed by atoms with Gasteiger partial charge in [0.2, 0.25) is 0 Å². The highest BCUT2D eigenvalue weighted by Crippen LogP contribution is 2.15. The molecule has 0 bridgehead atoms. The number of nitrogens with zero attached hydrogens (tertiary/aromatic N) is 3. The molecule has 1 saturated heterocycles. The Morgan fingerprint density at radius 2 is 2.32 bits per heavy atom. The summed E-state index contributed by atoms with van der Waals surface area (Å²) in [5.41, 5.74) is 0.225. The molecule has 1 atom stereocenters. The second-order valence-electron chi connectivity index (χ2n) is 4.79. The van der Waals surface area contributed by atoms with E-state index in [9.17, 15) is 4.79 Å². The van der Waals surface area contributed by atoms with Gasteiger partial charge < -0.3 is 15.0 Å². The first kappa shape index (κ1) is 13.7. The normalized spacial score (nSPS) is 20.0. The van der Waals surface area contributed by atoms with Gasteiger partial charge in [-0.25, -0.2) is 14.8 Å². The summed E-state index contributed by atoms with van der Waals surface area (Å²) in [6.45, 7) is 2.00. The Balaban J connectivity index is 1.87. The Labute approximate surface area is 113 Å². The van der Waals surface area contributed by atoms with Crippen molar-refractivity contribution >= 4 is 11.8 Å². The quantitative estimate of drug-likeness (QED) is 0.823. The van der Waals surface area contributed by atoms with Crippen LogP contribution < -0.4 is 5.32 Å². The fourth-order valence-electron chi connectivity index (χ4n) is 2.25. The molecule has 1 unspecified atom stereocenters. The summed E-state index contributed by atoms with van der Waals surface area (Å²) >= 11 is 0. The molecular formula is C13H20N4O2. The number of likely N-dealkylation sites (tertiary alicyclic amines) is 1. The van der Waals surface area contributed by atoms with Crippen LogP contribution in [-0.4, -0.2) is 54.1 Å². The average molecular weight is 264 g/mol. The number of aromatic nitrogens is 2. The Kier molecular flexibility index (Phi) is 4.68. The standard InChI is InChI=1S/C13H20N4O2/c1-17-6-4-3-5-10(17)7-15-12-9-14-11(8-16-12)13(18)19-2/h8-10H,3-7H2,1-2H3,(H,15,16). The van der Waals surface area contributed by atoms with Crippen LogP contribution in [0.5, 0.6) is 0 Å². The van der Waals surface area contributed by atoms with E-state index in [1.54, 1.807) is 6.20 Å². The first-order valence-corrected chi connectivity index (χ1v) is 6.55. The van der Waals surface area contributed by atoms with E-state index in [1.807, 2.05) is 0 Å². The largest absolute Gasteiger partial charge is 0.464 e. The minimum absolute atomic E-state index is 0.225. The molecule has 19 heavy (non-hydrogen) atoms. The predicted octanol–water partition coefficient (Wildman–Crippen LogP) is 1.16. The number of nitrogens with one attached hydrogen (secondary N) is 1. The number of esters is 1. The molecule has 2 rings (SSSR count). The number of likely N-dealkylation sites (N-methyl/N-ethyl adjacent to an activating group) is 1. The van der Waals surface area contributed by atoms with E-state index in [1.165, 1.54) is 32.6 Å². The molecule has 1 aliphatic rings. The van der Waals surface area contributed by atoms with Crippen LogP contribution in [0.25, 0.3) is 0 Å². The number of hydrogen-bond donors (Lipinski definition) is 1. The smallest absolute Gasteiger partial charge is 0.358 e. The monoisotopic (exact) mass is 264 g/mol. The maximum atomic E-state index is 11.2. The van der Waals surface area contributed by atoms with Gasteiger partial charge in [-0.05, 0) is 26.4 Å². The molecule has 0 aliphatic carbocycles. The van der Waals surface area contributed by atoms with Crippen molar-refractivity contribution < 1.29 is 9.53 Å². The van der Waals surface area contributed by atoms with Crippen molar-refractivity contribution in [1.29, 1.82) is 0 Å². The Morgan fingerprint density at radius 3 is 2.95 bits per heavy atom. The van der Waals surface area contributed by atoms with Crippen molar-refractivity contribution in [1.82, 2.24) is 14.9 Å². The third kappa shape index (κ3) is 3.64. The highest BCUT2D eigenvalue weighted by atomic mass is 16.5. The maximum absolute atomic E-state index is 11.2. The number of ether oxygens (including phenoxy) is 1. The van der Waals surface area contributed by atoms with E-state index < -0.39 is 5.97 Å². The van der Waals surface area contributed by atoms with E-state index >= 15 is 0 Å². The van der Waals surface area contributed by atoms with Gasteiger partial charge in [0.15, 0.2) is 5.69 Å². The molecular weight excluding hydrogens is 244 g/mol. The van der Waals surface area contributed by atoms with Crippen LogP contribution in [0.4, 0.5) is 5.82 Å². The van der Waals surface area contributed by atoms with Crippen molar-refractivity contribution in [3.8, 4) is 0 Å². The summed E-state index contributed by atoms with van der Waals surface area (Å²) in [5.74, 6) is 0.220. The van der Waals surface area contributed by atoms with Crippen LogP contribution in [0, 0.1) is 0 Å². The van der Waals surface area contributed by atoms with Gasteiger partial charge in [-0.1, -0.05) is 6.42 Å². The molecule has 1 N–H and O–H groups in total.